The van der Waals surface area contributed by atoms with Crippen molar-refractivity contribution in [2.75, 3.05) is 6.79 Å². The predicted octanol–water partition coefficient (Wildman–Crippen LogP) is 2.06. The molecule has 0 radical (unpaired) electrons. The van der Waals surface area contributed by atoms with E-state index in [1.807, 2.05) is 6.92 Å². The summed E-state index contributed by atoms with van der Waals surface area (Å²) in [5.74, 6) is -2.56. The Labute approximate surface area is 164 Å². The Bertz CT molecular complexity index is 762. The summed E-state index contributed by atoms with van der Waals surface area (Å²) in [6.45, 7) is 6.27. The fraction of sp³-hybridized carbons (Fsp3) is 0.526. The lowest BCUT2D eigenvalue weighted by Gasteiger charge is -2.26. The van der Waals surface area contributed by atoms with E-state index in [1.54, 1.807) is 20.8 Å². The minimum absolute atomic E-state index is 0.0815. The lowest BCUT2D eigenvalue weighted by atomic mass is 9.79. The van der Waals surface area contributed by atoms with Gasteiger partial charge in [-0.1, -0.05) is 13.0 Å². The van der Waals surface area contributed by atoms with Crippen molar-refractivity contribution in [3.8, 4) is 5.75 Å². The van der Waals surface area contributed by atoms with E-state index in [-0.39, 0.29) is 30.6 Å². The van der Waals surface area contributed by atoms with Crippen LogP contribution in [-0.4, -0.2) is 38.1 Å². The van der Waals surface area contributed by atoms with Crippen LogP contribution in [0.3, 0.4) is 0 Å². The highest BCUT2D eigenvalue weighted by Gasteiger charge is 2.30. The Balaban J connectivity index is 2.05. The number of hydrogen-bond donors (Lipinski definition) is 1. The molecule has 1 atom stereocenters. The first kappa shape index (κ1) is 21.7. The highest BCUT2D eigenvalue weighted by Crippen LogP contribution is 2.31. The van der Waals surface area contributed by atoms with E-state index in [0.29, 0.717) is 18.4 Å². The number of halogens is 1. The van der Waals surface area contributed by atoms with Crippen molar-refractivity contribution >= 4 is 25.3 Å². The Morgan fingerprint density at radius 3 is 2.64 bits per heavy atom. The van der Waals surface area contributed by atoms with Crippen LogP contribution in [0.1, 0.15) is 56.5 Å². The second-order valence-corrected chi connectivity index (χ2v) is 7.67. The quantitative estimate of drug-likeness (QED) is 0.452. The van der Waals surface area contributed by atoms with Gasteiger partial charge in [-0.15, -0.1) is 0 Å². The number of fused-ring (bicyclic) bond motifs is 1. The van der Waals surface area contributed by atoms with Gasteiger partial charge in [-0.25, -0.2) is 9.18 Å². The van der Waals surface area contributed by atoms with Crippen LogP contribution in [0.4, 0.5) is 4.39 Å². The molecule has 0 fully saturated rings. The van der Waals surface area contributed by atoms with Crippen LogP contribution in [0, 0.1) is 11.2 Å². The number of nitrogens with one attached hydrogen (secondary N) is 1. The van der Waals surface area contributed by atoms with E-state index in [9.17, 15) is 18.8 Å². The van der Waals surface area contributed by atoms with Crippen LogP contribution in [0.25, 0.3) is 0 Å². The monoisotopic (exact) mass is 393 g/mol. The number of esters is 2. The van der Waals surface area contributed by atoms with Crippen molar-refractivity contribution in [1.29, 1.82) is 0 Å². The smallest absolute Gasteiger partial charge is 0.363 e. The van der Waals surface area contributed by atoms with E-state index in [0.717, 1.165) is 12.5 Å². The molecule has 2 rings (SSSR count). The van der Waals surface area contributed by atoms with Crippen molar-refractivity contribution in [2.45, 2.75) is 52.9 Å². The van der Waals surface area contributed by atoms with E-state index in [1.165, 1.54) is 6.07 Å². The SMILES string of the molecule is CCCC(=O)NC1BOc2c(ccc(F)c2C(=O)OCOC(=O)C(C)(C)C)C1. The van der Waals surface area contributed by atoms with Crippen molar-refractivity contribution in [1.82, 2.24) is 5.32 Å². The van der Waals surface area contributed by atoms with Gasteiger partial charge in [-0.3, -0.25) is 9.59 Å². The van der Waals surface area contributed by atoms with Crippen molar-refractivity contribution in [3.05, 3.63) is 29.1 Å². The molecule has 0 aromatic heterocycles. The molecule has 1 aromatic carbocycles. The number of carbonyl (C=O) groups excluding carboxylic acids is 3. The molecule has 1 aliphatic heterocycles. The third kappa shape index (κ3) is 5.47. The number of ether oxygens (including phenoxy) is 2. The topological polar surface area (TPSA) is 90.9 Å². The molecule has 1 heterocycles. The minimum atomic E-state index is -0.982. The summed E-state index contributed by atoms with van der Waals surface area (Å²) in [4.78, 5) is 35.8. The first-order chi connectivity index (χ1) is 13.1. The van der Waals surface area contributed by atoms with E-state index in [4.69, 9.17) is 14.1 Å². The second kappa shape index (κ2) is 9.08. The molecule has 1 amide bonds. The average Bonchev–Trinajstić information content (AvgIpc) is 2.60. The fourth-order valence-corrected chi connectivity index (χ4v) is 2.67. The first-order valence-electron chi connectivity index (χ1n) is 9.21. The van der Waals surface area contributed by atoms with Gasteiger partial charge < -0.3 is 19.4 Å². The molecule has 9 heteroatoms. The maximum absolute atomic E-state index is 14.3. The van der Waals surface area contributed by atoms with Crippen LogP contribution < -0.4 is 9.97 Å². The highest BCUT2D eigenvalue weighted by atomic mass is 19.1. The molecule has 1 aromatic rings. The van der Waals surface area contributed by atoms with Crippen molar-refractivity contribution < 1.29 is 32.9 Å². The molecule has 28 heavy (non-hydrogen) atoms. The standard InChI is InChI=1S/C19H25BFNO6/c1-5-6-14(23)22-13-9-11-7-8-12(21)15(16(11)28-20-13)17(24)26-10-27-18(25)19(2,3)4/h7-8,13,20H,5-6,9-10H2,1-4H3,(H,22,23). The van der Waals surface area contributed by atoms with E-state index >= 15 is 0 Å². The van der Waals surface area contributed by atoms with Crippen LogP contribution in [0.2, 0.25) is 0 Å². The van der Waals surface area contributed by atoms with Gasteiger partial charge in [0.25, 0.3) is 0 Å². The van der Waals surface area contributed by atoms with Crippen molar-refractivity contribution in [2.24, 2.45) is 5.41 Å². The van der Waals surface area contributed by atoms with Gasteiger partial charge in [-0.2, -0.15) is 0 Å². The largest absolute Gasteiger partial charge is 0.561 e. The molecular formula is C19H25BFNO6. The third-order valence-corrected chi connectivity index (χ3v) is 4.12. The van der Waals surface area contributed by atoms with Crippen LogP contribution in [-0.2, 0) is 25.5 Å². The third-order valence-electron chi connectivity index (χ3n) is 4.12. The van der Waals surface area contributed by atoms with Gasteiger partial charge in [0.2, 0.25) is 12.7 Å². The Hall–Kier alpha value is -2.58. The molecule has 152 valence electrons. The zero-order valence-electron chi connectivity index (χ0n) is 16.6. The number of amides is 1. The molecule has 0 aliphatic carbocycles. The number of carbonyl (C=O) groups is 3. The Morgan fingerprint density at radius 1 is 1.29 bits per heavy atom. The molecular weight excluding hydrogens is 368 g/mol. The summed E-state index contributed by atoms with van der Waals surface area (Å²) >= 11 is 0. The highest BCUT2D eigenvalue weighted by molar-refractivity contribution is 6.32. The van der Waals surface area contributed by atoms with E-state index in [2.05, 4.69) is 5.32 Å². The first-order valence-corrected chi connectivity index (χ1v) is 9.21. The van der Waals surface area contributed by atoms with Gasteiger partial charge in [0.1, 0.15) is 17.1 Å². The van der Waals surface area contributed by atoms with Gasteiger partial charge in [-0.05, 0) is 45.2 Å². The maximum Gasteiger partial charge on any atom is 0.363 e. The second-order valence-electron chi connectivity index (χ2n) is 7.67. The number of benzene rings is 1. The summed E-state index contributed by atoms with van der Waals surface area (Å²) in [5.41, 5.74) is -0.500. The molecule has 1 N–H and O–H groups in total. The van der Waals surface area contributed by atoms with Gasteiger partial charge in [0.05, 0.1) is 5.41 Å². The molecule has 0 spiro atoms. The average molecular weight is 393 g/mol. The normalized spacial score (nSPS) is 15.5. The van der Waals surface area contributed by atoms with Gasteiger partial charge in [0.15, 0.2) is 0 Å². The summed E-state index contributed by atoms with van der Waals surface area (Å²) in [7, 11) is 0.116. The van der Waals surface area contributed by atoms with E-state index < -0.39 is 30.0 Å². The molecule has 1 aliphatic rings. The molecule has 7 nitrogen and oxygen atoms in total. The maximum atomic E-state index is 14.3. The Kier molecular flexibility index (Phi) is 7.04. The lowest BCUT2D eigenvalue weighted by molar-refractivity contribution is -0.161. The predicted molar refractivity (Wildman–Crippen MR) is 101 cm³/mol. The summed E-state index contributed by atoms with van der Waals surface area (Å²) in [5, 5.41) is 2.85. The number of hydrogen-bond acceptors (Lipinski definition) is 6. The molecule has 0 saturated heterocycles. The van der Waals surface area contributed by atoms with Crippen molar-refractivity contribution in [3.63, 3.8) is 0 Å². The van der Waals surface area contributed by atoms with Crippen LogP contribution in [0.5, 0.6) is 5.75 Å². The number of rotatable bonds is 6. The Morgan fingerprint density at radius 2 is 2.00 bits per heavy atom. The zero-order chi connectivity index (χ0) is 20.9. The minimum Gasteiger partial charge on any atom is -0.561 e. The summed E-state index contributed by atoms with van der Waals surface area (Å²) < 4.78 is 29.6. The fourth-order valence-electron chi connectivity index (χ4n) is 2.67. The van der Waals surface area contributed by atoms with Crippen LogP contribution in [0.15, 0.2) is 12.1 Å². The van der Waals surface area contributed by atoms with Gasteiger partial charge in [0, 0.05) is 12.4 Å². The summed E-state index contributed by atoms with van der Waals surface area (Å²) in [6.07, 6.45) is 1.55. The summed E-state index contributed by atoms with van der Waals surface area (Å²) in [6, 6.07) is 2.66. The zero-order valence-corrected chi connectivity index (χ0v) is 16.6. The molecule has 1 unspecified atom stereocenters. The van der Waals surface area contributed by atoms with Gasteiger partial charge >= 0.3 is 19.4 Å². The molecule has 0 bridgehead atoms. The lowest BCUT2D eigenvalue weighted by Crippen LogP contribution is -2.45. The molecule has 0 saturated carbocycles. The van der Waals surface area contributed by atoms with Crippen LogP contribution >= 0.6 is 0 Å².